The van der Waals surface area contributed by atoms with Crippen molar-refractivity contribution in [3.8, 4) is 5.82 Å². The first-order valence-corrected chi connectivity index (χ1v) is 5.20. The van der Waals surface area contributed by atoms with Crippen molar-refractivity contribution in [2.45, 2.75) is 27.7 Å². The summed E-state index contributed by atoms with van der Waals surface area (Å²) >= 11 is 0. The van der Waals surface area contributed by atoms with Crippen LogP contribution in [0.1, 0.15) is 25.0 Å². The van der Waals surface area contributed by atoms with Gasteiger partial charge in [0.05, 0.1) is 6.20 Å². The van der Waals surface area contributed by atoms with Gasteiger partial charge in [-0.05, 0) is 37.1 Å². The van der Waals surface area contributed by atoms with Gasteiger partial charge in [0.15, 0.2) is 5.82 Å². The Balaban J connectivity index is 0.000000531. The van der Waals surface area contributed by atoms with E-state index >= 15 is 0 Å². The van der Waals surface area contributed by atoms with Crippen LogP contribution in [0.2, 0.25) is 0 Å². The zero-order chi connectivity index (χ0) is 11.3. The Hall–Kier alpha value is -1.64. The lowest BCUT2D eigenvalue weighted by Gasteiger charge is -1.99. The fourth-order valence-corrected chi connectivity index (χ4v) is 1.18. The fourth-order valence-electron chi connectivity index (χ4n) is 1.18. The molecule has 2 aromatic rings. The molecule has 2 rings (SSSR count). The van der Waals surface area contributed by atoms with E-state index in [1.807, 2.05) is 52.2 Å². The topological polar surface area (TPSA) is 30.7 Å². The second kappa shape index (κ2) is 5.29. The van der Waals surface area contributed by atoms with E-state index in [9.17, 15) is 0 Å². The molecule has 15 heavy (non-hydrogen) atoms. The molecule has 2 aromatic heterocycles. The van der Waals surface area contributed by atoms with Crippen molar-refractivity contribution in [1.29, 1.82) is 0 Å². The van der Waals surface area contributed by atoms with Crippen LogP contribution >= 0.6 is 0 Å². The molecule has 0 saturated carbocycles. The highest BCUT2D eigenvalue weighted by Gasteiger charge is 1.98. The minimum atomic E-state index is 0.869. The maximum absolute atomic E-state index is 4.22. The molecule has 3 heteroatoms. The van der Waals surface area contributed by atoms with Crippen molar-refractivity contribution in [3.05, 3.63) is 41.9 Å². The zero-order valence-corrected chi connectivity index (χ0v) is 9.73. The van der Waals surface area contributed by atoms with E-state index in [1.165, 1.54) is 5.56 Å². The fraction of sp³-hybridized carbons (Fsp3) is 0.333. The Morgan fingerprint density at radius 1 is 1.13 bits per heavy atom. The molecule has 0 aliphatic carbocycles. The van der Waals surface area contributed by atoms with Gasteiger partial charge in [0.1, 0.15) is 0 Å². The predicted octanol–water partition coefficient (Wildman–Crippen LogP) is 2.91. The Bertz CT molecular complexity index is 418. The standard InChI is InChI=1S/C10H11N3.C2H6/c1-8-3-4-11-10(5-8)13-7-9(2)6-12-13;1-2/h3-7H,1-2H3;1-2H3. The molecule has 0 radical (unpaired) electrons. The average Bonchev–Trinajstić information content (AvgIpc) is 2.68. The Kier molecular flexibility index (Phi) is 4.03. The highest BCUT2D eigenvalue weighted by atomic mass is 15.3. The summed E-state index contributed by atoms with van der Waals surface area (Å²) < 4.78 is 1.78. The van der Waals surface area contributed by atoms with Gasteiger partial charge in [-0.3, -0.25) is 0 Å². The molecule has 2 heterocycles. The van der Waals surface area contributed by atoms with Crippen LogP contribution in [-0.2, 0) is 0 Å². The van der Waals surface area contributed by atoms with E-state index < -0.39 is 0 Å². The molecule has 0 fully saturated rings. The molecule has 0 unspecified atom stereocenters. The number of hydrogen-bond donors (Lipinski definition) is 0. The molecule has 80 valence electrons. The molecule has 0 aliphatic rings. The Labute approximate surface area is 90.8 Å². The number of aryl methyl sites for hydroxylation is 2. The van der Waals surface area contributed by atoms with Gasteiger partial charge >= 0.3 is 0 Å². The third kappa shape index (κ3) is 2.91. The summed E-state index contributed by atoms with van der Waals surface area (Å²) in [5.74, 6) is 0.869. The van der Waals surface area contributed by atoms with E-state index in [0.717, 1.165) is 11.4 Å². The van der Waals surface area contributed by atoms with Crippen molar-refractivity contribution in [2.24, 2.45) is 0 Å². The lowest BCUT2D eigenvalue weighted by molar-refractivity contribution is 0.845. The third-order valence-electron chi connectivity index (χ3n) is 1.85. The van der Waals surface area contributed by atoms with Gasteiger partial charge in [-0.25, -0.2) is 9.67 Å². The summed E-state index contributed by atoms with van der Waals surface area (Å²) in [6.45, 7) is 8.06. The summed E-state index contributed by atoms with van der Waals surface area (Å²) in [6.07, 6.45) is 5.58. The first-order valence-electron chi connectivity index (χ1n) is 5.20. The lowest BCUT2D eigenvalue weighted by Crippen LogP contribution is -1.97. The van der Waals surface area contributed by atoms with E-state index in [0.29, 0.717) is 0 Å². The van der Waals surface area contributed by atoms with E-state index in [4.69, 9.17) is 0 Å². The normalized spacial score (nSPS) is 9.33. The smallest absolute Gasteiger partial charge is 0.153 e. The first kappa shape index (κ1) is 11.4. The molecule has 0 amide bonds. The number of aromatic nitrogens is 3. The van der Waals surface area contributed by atoms with Gasteiger partial charge in [-0.15, -0.1) is 0 Å². The van der Waals surface area contributed by atoms with E-state index in [1.54, 1.807) is 10.9 Å². The van der Waals surface area contributed by atoms with Crippen LogP contribution in [0.3, 0.4) is 0 Å². The van der Waals surface area contributed by atoms with E-state index in [2.05, 4.69) is 10.1 Å². The van der Waals surface area contributed by atoms with Crippen molar-refractivity contribution in [2.75, 3.05) is 0 Å². The molecule has 0 bridgehead atoms. The van der Waals surface area contributed by atoms with Crippen LogP contribution in [0.4, 0.5) is 0 Å². The predicted molar refractivity (Wildman–Crippen MR) is 62.2 cm³/mol. The number of nitrogens with zero attached hydrogens (tertiary/aromatic N) is 3. The van der Waals surface area contributed by atoms with Crippen LogP contribution in [0.25, 0.3) is 5.82 Å². The maximum Gasteiger partial charge on any atom is 0.153 e. The molecule has 0 atom stereocenters. The molecule has 0 N–H and O–H groups in total. The highest BCUT2D eigenvalue weighted by Crippen LogP contribution is 2.06. The Morgan fingerprint density at radius 3 is 2.40 bits per heavy atom. The summed E-state index contributed by atoms with van der Waals surface area (Å²) in [5.41, 5.74) is 2.33. The average molecular weight is 203 g/mol. The van der Waals surface area contributed by atoms with Crippen molar-refractivity contribution in [3.63, 3.8) is 0 Å². The van der Waals surface area contributed by atoms with Crippen LogP contribution in [0.5, 0.6) is 0 Å². The first-order chi connectivity index (χ1) is 7.25. The molecule has 3 nitrogen and oxygen atoms in total. The minimum absolute atomic E-state index is 0.869. The third-order valence-corrected chi connectivity index (χ3v) is 1.85. The largest absolute Gasteiger partial charge is 0.237 e. The second-order valence-electron chi connectivity index (χ2n) is 3.15. The van der Waals surface area contributed by atoms with Crippen LogP contribution in [0, 0.1) is 13.8 Å². The molecule has 0 spiro atoms. The summed E-state index contributed by atoms with van der Waals surface area (Å²) in [4.78, 5) is 4.22. The Morgan fingerprint density at radius 2 is 1.87 bits per heavy atom. The summed E-state index contributed by atoms with van der Waals surface area (Å²) in [7, 11) is 0. The van der Waals surface area contributed by atoms with Gasteiger partial charge in [0, 0.05) is 12.4 Å². The number of hydrogen-bond acceptors (Lipinski definition) is 2. The molecular weight excluding hydrogens is 186 g/mol. The van der Waals surface area contributed by atoms with Crippen LogP contribution in [-0.4, -0.2) is 14.8 Å². The van der Waals surface area contributed by atoms with Crippen LogP contribution in [0.15, 0.2) is 30.7 Å². The summed E-state index contributed by atoms with van der Waals surface area (Å²) in [6, 6.07) is 3.98. The van der Waals surface area contributed by atoms with Gasteiger partial charge < -0.3 is 0 Å². The molecule has 0 aliphatic heterocycles. The van der Waals surface area contributed by atoms with Crippen molar-refractivity contribution < 1.29 is 0 Å². The lowest BCUT2D eigenvalue weighted by atomic mass is 10.3. The zero-order valence-electron chi connectivity index (χ0n) is 9.73. The van der Waals surface area contributed by atoms with E-state index in [-0.39, 0.29) is 0 Å². The van der Waals surface area contributed by atoms with Gasteiger partial charge in [0.2, 0.25) is 0 Å². The molecule has 0 aromatic carbocycles. The quantitative estimate of drug-likeness (QED) is 0.713. The van der Waals surface area contributed by atoms with Gasteiger partial charge in [-0.1, -0.05) is 13.8 Å². The summed E-state index contributed by atoms with van der Waals surface area (Å²) in [5, 5.41) is 4.18. The van der Waals surface area contributed by atoms with Crippen molar-refractivity contribution in [1.82, 2.24) is 14.8 Å². The monoisotopic (exact) mass is 203 g/mol. The number of pyridine rings is 1. The highest BCUT2D eigenvalue weighted by molar-refractivity contribution is 5.26. The second-order valence-corrected chi connectivity index (χ2v) is 3.15. The number of rotatable bonds is 1. The minimum Gasteiger partial charge on any atom is -0.237 e. The SMILES string of the molecule is CC.Cc1ccnc(-n2cc(C)cn2)c1. The van der Waals surface area contributed by atoms with Gasteiger partial charge in [-0.2, -0.15) is 5.10 Å². The van der Waals surface area contributed by atoms with Crippen LogP contribution < -0.4 is 0 Å². The molecule has 0 saturated heterocycles. The van der Waals surface area contributed by atoms with Gasteiger partial charge in [0.25, 0.3) is 0 Å². The molecular formula is C12H17N3. The maximum atomic E-state index is 4.22. The van der Waals surface area contributed by atoms with Crippen molar-refractivity contribution >= 4 is 0 Å².